The lowest BCUT2D eigenvalue weighted by Crippen LogP contribution is -2.35. The number of hydrogen-bond acceptors (Lipinski definition) is 8. The molecule has 1 atom stereocenters. The predicted molar refractivity (Wildman–Crippen MR) is 144 cm³/mol. The average Bonchev–Trinajstić information content (AvgIpc) is 3.36. The molecule has 0 bridgehead atoms. The highest BCUT2D eigenvalue weighted by atomic mass is 35.5. The van der Waals surface area contributed by atoms with Gasteiger partial charge in [-0.2, -0.15) is 0 Å². The molecule has 3 N–H and O–H groups in total. The summed E-state index contributed by atoms with van der Waals surface area (Å²) in [6.45, 7) is 4.14. The molecule has 2 fully saturated rings. The molecule has 0 saturated carbocycles. The van der Waals surface area contributed by atoms with Gasteiger partial charge in [0.2, 0.25) is 0 Å². The monoisotopic (exact) mass is 549 g/mol. The normalized spacial score (nSPS) is 17.3. The number of aromatic hydroxyl groups is 1. The van der Waals surface area contributed by atoms with Crippen LogP contribution in [0.25, 0.3) is 10.9 Å². The van der Waals surface area contributed by atoms with Gasteiger partial charge >= 0.3 is 6.09 Å². The Bertz CT molecular complexity index is 1430. The maximum atomic E-state index is 12.9. The van der Waals surface area contributed by atoms with E-state index in [9.17, 15) is 14.7 Å². The Morgan fingerprint density at radius 3 is 2.72 bits per heavy atom. The van der Waals surface area contributed by atoms with Gasteiger partial charge in [0.1, 0.15) is 12.1 Å². The van der Waals surface area contributed by atoms with Crippen LogP contribution in [-0.2, 0) is 22.6 Å². The first kappa shape index (κ1) is 26.7. The summed E-state index contributed by atoms with van der Waals surface area (Å²) in [4.78, 5) is 26.4. The molecule has 11 heteroatoms. The second-order valence-electron chi connectivity index (χ2n) is 9.41. The summed E-state index contributed by atoms with van der Waals surface area (Å²) in [7, 11) is 0. The number of nitrogens with zero attached hydrogens (tertiary/aromatic N) is 3. The van der Waals surface area contributed by atoms with Crippen molar-refractivity contribution in [2.45, 2.75) is 32.0 Å². The highest BCUT2D eigenvalue weighted by Gasteiger charge is 2.22. The Hall–Kier alpha value is -3.91. The van der Waals surface area contributed by atoms with E-state index in [1.165, 1.54) is 0 Å². The highest BCUT2D eigenvalue weighted by molar-refractivity contribution is 6.30. The van der Waals surface area contributed by atoms with Crippen molar-refractivity contribution in [3.63, 3.8) is 0 Å². The van der Waals surface area contributed by atoms with Crippen LogP contribution < -0.4 is 10.6 Å². The minimum absolute atomic E-state index is 0.0611. The van der Waals surface area contributed by atoms with Gasteiger partial charge in [0.25, 0.3) is 5.91 Å². The van der Waals surface area contributed by atoms with Crippen LogP contribution in [0.4, 0.5) is 4.79 Å². The number of benzene rings is 2. The number of ether oxygens (including phenoxy) is 2. The van der Waals surface area contributed by atoms with Crippen molar-refractivity contribution >= 4 is 34.5 Å². The fraction of sp³-hybridized carbons (Fsp3) is 0.357. The molecule has 2 saturated heterocycles. The number of aromatic nitrogens is 2. The highest BCUT2D eigenvalue weighted by Crippen LogP contribution is 2.29. The summed E-state index contributed by atoms with van der Waals surface area (Å²) in [6.07, 6.45) is 0.779. The van der Waals surface area contributed by atoms with Gasteiger partial charge in [-0.15, -0.1) is 10.2 Å². The number of amides is 2. The number of carbonyl (C=O) groups excluding carboxylic acids is 2. The molecule has 5 rings (SSSR count). The van der Waals surface area contributed by atoms with Gasteiger partial charge in [-0.3, -0.25) is 9.69 Å². The molecule has 0 aliphatic carbocycles. The number of hydrogen-bond donors (Lipinski definition) is 3. The standard InChI is InChI=1S/C28H28ClN5O5/c29-21-7-5-18(6-8-21)15-30-27(36)25-26(35)23-14-19(16-34-9-11-38-12-10-34)13-20(24(23)32-33-25)3-1-2-4-22-17-39-28(37)31-22/h5-8,13-14,22H,2,4,9-12,15-17H2,(H,30,36)(H,31,37)(H,32,35)/t22-/m1/s1. The lowest BCUT2D eigenvalue weighted by atomic mass is 10.0. The maximum absolute atomic E-state index is 12.9. The summed E-state index contributed by atoms with van der Waals surface area (Å²) in [5, 5.41) is 26.0. The predicted octanol–water partition coefficient (Wildman–Crippen LogP) is 2.99. The van der Waals surface area contributed by atoms with Crippen molar-refractivity contribution < 1.29 is 24.2 Å². The zero-order valence-corrected chi connectivity index (χ0v) is 22.0. The molecule has 2 amide bonds. The van der Waals surface area contributed by atoms with E-state index in [-0.39, 0.29) is 24.0 Å². The van der Waals surface area contributed by atoms with Crippen LogP contribution in [0.5, 0.6) is 5.75 Å². The lowest BCUT2D eigenvalue weighted by Gasteiger charge is -2.26. The number of rotatable bonds is 7. The fourth-order valence-corrected chi connectivity index (χ4v) is 4.59. The molecule has 2 aliphatic rings. The summed E-state index contributed by atoms with van der Waals surface area (Å²) < 4.78 is 10.4. The van der Waals surface area contributed by atoms with E-state index in [1.54, 1.807) is 12.1 Å². The number of fused-ring (bicyclic) bond motifs is 1. The number of cyclic esters (lactones) is 1. The quantitative estimate of drug-likeness (QED) is 0.384. The van der Waals surface area contributed by atoms with Crippen molar-refractivity contribution in [2.75, 3.05) is 32.9 Å². The molecule has 3 heterocycles. The molecule has 3 aromatic rings. The molecule has 10 nitrogen and oxygen atoms in total. The van der Waals surface area contributed by atoms with Crippen LogP contribution in [0.15, 0.2) is 36.4 Å². The first-order valence-corrected chi connectivity index (χ1v) is 13.1. The molecule has 0 radical (unpaired) electrons. The van der Waals surface area contributed by atoms with E-state index in [4.69, 9.17) is 21.1 Å². The Balaban J connectivity index is 1.40. The van der Waals surface area contributed by atoms with E-state index in [1.807, 2.05) is 24.3 Å². The first-order valence-electron chi connectivity index (χ1n) is 12.7. The molecule has 202 valence electrons. The summed E-state index contributed by atoms with van der Waals surface area (Å²) in [5.41, 5.74) is 2.66. The molecular weight excluding hydrogens is 522 g/mol. The van der Waals surface area contributed by atoms with Crippen LogP contribution in [0.2, 0.25) is 5.02 Å². The van der Waals surface area contributed by atoms with Crippen LogP contribution in [0.3, 0.4) is 0 Å². The molecule has 0 unspecified atom stereocenters. The zero-order chi connectivity index (χ0) is 27.2. The third-order valence-corrected chi connectivity index (χ3v) is 6.82. The number of morpholine rings is 1. The Labute approximate surface area is 230 Å². The largest absolute Gasteiger partial charge is 0.505 e. The summed E-state index contributed by atoms with van der Waals surface area (Å²) in [5.74, 6) is 5.51. The van der Waals surface area contributed by atoms with Gasteiger partial charge in [0.15, 0.2) is 11.4 Å². The van der Waals surface area contributed by atoms with Gasteiger partial charge in [0.05, 0.1) is 24.8 Å². The van der Waals surface area contributed by atoms with E-state index < -0.39 is 12.0 Å². The first-order chi connectivity index (χ1) is 19.0. The third kappa shape index (κ3) is 6.75. The van der Waals surface area contributed by atoms with Gasteiger partial charge in [-0.1, -0.05) is 35.6 Å². The van der Waals surface area contributed by atoms with Crippen molar-refractivity contribution in [1.82, 2.24) is 25.7 Å². The van der Waals surface area contributed by atoms with Crippen molar-refractivity contribution in [1.29, 1.82) is 0 Å². The smallest absolute Gasteiger partial charge is 0.407 e. The van der Waals surface area contributed by atoms with E-state index >= 15 is 0 Å². The van der Waals surface area contributed by atoms with Gasteiger partial charge in [-0.25, -0.2) is 4.79 Å². The summed E-state index contributed by atoms with van der Waals surface area (Å²) >= 11 is 5.93. The van der Waals surface area contributed by atoms with Crippen LogP contribution >= 0.6 is 11.6 Å². The topological polar surface area (TPSA) is 126 Å². The van der Waals surface area contributed by atoms with Crippen LogP contribution in [0, 0.1) is 11.8 Å². The Kier molecular flexibility index (Phi) is 8.42. The molecule has 2 aromatic carbocycles. The number of alkyl carbamates (subject to hydrolysis) is 1. The second kappa shape index (κ2) is 12.3. The third-order valence-electron chi connectivity index (χ3n) is 6.57. The van der Waals surface area contributed by atoms with Gasteiger partial charge in [0, 0.05) is 43.0 Å². The van der Waals surface area contributed by atoms with E-state index in [0.29, 0.717) is 60.7 Å². The van der Waals surface area contributed by atoms with Crippen molar-refractivity contribution in [2.24, 2.45) is 0 Å². The van der Waals surface area contributed by atoms with Crippen molar-refractivity contribution in [3.8, 4) is 17.6 Å². The molecule has 2 aliphatic heterocycles. The van der Waals surface area contributed by atoms with Gasteiger partial charge < -0.3 is 25.2 Å². The lowest BCUT2D eigenvalue weighted by molar-refractivity contribution is 0.0342. The van der Waals surface area contributed by atoms with Crippen LogP contribution in [-0.4, -0.2) is 71.2 Å². The maximum Gasteiger partial charge on any atom is 0.407 e. The molecular formula is C28H28ClN5O5. The molecule has 0 spiro atoms. The van der Waals surface area contributed by atoms with Crippen LogP contribution in [0.1, 0.15) is 40.0 Å². The number of nitrogens with one attached hydrogen (secondary N) is 2. The van der Waals surface area contributed by atoms with Gasteiger partial charge in [-0.05, 0) is 41.8 Å². The summed E-state index contributed by atoms with van der Waals surface area (Å²) in [6, 6.07) is 10.8. The molecule has 1 aromatic heterocycles. The zero-order valence-electron chi connectivity index (χ0n) is 21.2. The Morgan fingerprint density at radius 1 is 1.18 bits per heavy atom. The second-order valence-corrected chi connectivity index (χ2v) is 9.85. The van der Waals surface area contributed by atoms with E-state index in [2.05, 4.69) is 37.6 Å². The minimum Gasteiger partial charge on any atom is -0.505 e. The Morgan fingerprint density at radius 2 is 1.97 bits per heavy atom. The fourth-order valence-electron chi connectivity index (χ4n) is 4.47. The SMILES string of the molecule is O=C1N[C@H](CCC#Cc2cc(CN3CCOCC3)cc3c(O)c(C(=O)NCc4ccc(Cl)cc4)nnc23)CO1. The number of halogens is 1. The number of carbonyl (C=O) groups is 2. The average molecular weight is 550 g/mol. The molecule has 39 heavy (non-hydrogen) atoms. The van der Waals surface area contributed by atoms with Crippen molar-refractivity contribution in [3.05, 3.63) is 63.8 Å². The minimum atomic E-state index is -0.538. The van der Waals surface area contributed by atoms with E-state index in [0.717, 1.165) is 24.2 Å².